The molecule has 0 aliphatic heterocycles. The fraction of sp³-hybridized carbons (Fsp3) is 0.0526. The van der Waals surface area contributed by atoms with Crippen molar-refractivity contribution in [3.8, 4) is 16.8 Å². The van der Waals surface area contributed by atoms with Crippen molar-refractivity contribution in [2.24, 2.45) is 0 Å². The molecular weight excluding hydrogens is 316 g/mol. The molecule has 0 spiro atoms. The van der Waals surface area contributed by atoms with Crippen molar-refractivity contribution in [1.29, 1.82) is 0 Å². The standard InChI is InChI=1S/C19H14N4O2/c1-12-5-4-7-14(18(12)19(24)25)13-6-2-3-8-16(13)23-11-20-15-9-21-22-10-17(15)23/h2-11H,1H3,(H,24,25). The highest BCUT2D eigenvalue weighted by atomic mass is 16.4. The Morgan fingerprint density at radius 2 is 1.76 bits per heavy atom. The van der Waals surface area contributed by atoms with E-state index in [0.29, 0.717) is 11.1 Å². The minimum atomic E-state index is -0.941. The maximum Gasteiger partial charge on any atom is 0.336 e. The first-order valence-electron chi connectivity index (χ1n) is 7.73. The molecule has 1 N–H and O–H groups in total. The van der Waals surface area contributed by atoms with Gasteiger partial charge in [-0.2, -0.15) is 10.2 Å². The fourth-order valence-corrected chi connectivity index (χ4v) is 3.06. The Kier molecular flexibility index (Phi) is 3.50. The third-order valence-electron chi connectivity index (χ3n) is 4.20. The lowest BCUT2D eigenvalue weighted by Gasteiger charge is -2.14. The van der Waals surface area contributed by atoms with Crippen LogP contribution in [0.15, 0.2) is 61.2 Å². The van der Waals surface area contributed by atoms with Crippen molar-refractivity contribution in [2.45, 2.75) is 6.92 Å². The summed E-state index contributed by atoms with van der Waals surface area (Å²) >= 11 is 0. The minimum absolute atomic E-state index is 0.305. The second-order valence-electron chi connectivity index (χ2n) is 5.69. The number of aryl methyl sites for hydroxylation is 1. The van der Waals surface area contributed by atoms with Gasteiger partial charge in [0.15, 0.2) is 0 Å². The van der Waals surface area contributed by atoms with Crippen LogP contribution in [0.2, 0.25) is 0 Å². The molecule has 0 fully saturated rings. The molecule has 0 saturated heterocycles. The zero-order valence-corrected chi connectivity index (χ0v) is 13.4. The Labute approximate surface area is 143 Å². The van der Waals surface area contributed by atoms with Crippen LogP contribution in [-0.2, 0) is 0 Å². The Morgan fingerprint density at radius 3 is 2.60 bits per heavy atom. The number of fused-ring (bicyclic) bond motifs is 1. The van der Waals surface area contributed by atoms with Gasteiger partial charge >= 0.3 is 5.97 Å². The Bertz CT molecular complexity index is 1100. The van der Waals surface area contributed by atoms with Crippen LogP contribution in [-0.4, -0.2) is 30.8 Å². The summed E-state index contributed by atoms with van der Waals surface area (Å²) < 4.78 is 1.90. The Hall–Kier alpha value is -3.54. The van der Waals surface area contributed by atoms with Crippen molar-refractivity contribution >= 4 is 17.0 Å². The number of rotatable bonds is 3. The summed E-state index contributed by atoms with van der Waals surface area (Å²) in [5.74, 6) is -0.941. The summed E-state index contributed by atoms with van der Waals surface area (Å²) in [6.45, 7) is 1.80. The predicted molar refractivity (Wildman–Crippen MR) is 93.8 cm³/mol. The number of hydrogen-bond acceptors (Lipinski definition) is 4. The van der Waals surface area contributed by atoms with Gasteiger partial charge in [-0.25, -0.2) is 9.78 Å². The van der Waals surface area contributed by atoms with E-state index in [1.54, 1.807) is 31.7 Å². The molecule has 4 aromatic rings. The van der Waals surface area contributed by atoms with E-state index >= 15 is 0 Å². The molecule has 0 atom stereocenters. The molecule has 0 unspecified atom stereocenters. The zero-order chi connectivity index (χ0) is 17.4. The van der Waals surface area contributed by atoms with Gasteiger partial charge in [0.2, 0.25) is 0 Å². The van der Waals surface area contributed by atoms with Gasteiger partial charge in [-0.3, -0.25) is 4.57 Å². The molecule has 6 nitrogen and oxygen atoms in total. The van der Waals surface area contributed by atoms with E-state index in [2.05, 4.69) is 15.2 Å². The summed E-state index contributed by atoms with van der Waals surface area (Å²) in [7, 11) is 0. The second-order valence-corrected chi connectivity index (χ2v) is 5.69. The molecule has 0 radical (unpaired) electrons. The topological polar surface area (TPSA) is 80.9 Å². The molecular formula is C19H14N4O2. The zero-order valence-electron chi connectivity index (χ0n) is 13.4. The van der Waals surface area contributed by atoms with E-state index in [1.807, 2.05) is 41.0 Å². The van der Waals surface area contributed by atoms with Crippen LogP contribution in [0.25, 0.3) is 27.8 Å². The van der Waals surface area contributed by atoms with Crippen LogP contribution in [0.5, 0.6) is 0 Å². The molecule has 0 bridgehead atoms. The number of carboxylic acids is 1. The lowest BCUT2D eigenvalue weighted by molar-refractivity contribution is 0.0697. The third-order valence-corrected chi connectivity index (χ3v) is 4.20. The molecule has 25 heavy (non-hydrogen) atoms. The summed E-state index contributed by atoms with van der Waals surface area (Å²) in [4.78, 5) is 16.1. The van der Waals surface area contributed by atoms with E-state index < -0.39 is 5.97 Å². The van der Waals surface area contributed by atoms with Gasteiger partial charge in [0, 0.05) is 5.56 Å². The molecule has 0 aliphatic carbocycles. The summed E-state index contributed by atoms with van der Waals surface area (Å²) in [6.07, 6.45) is 4.94. The van der Waals surface area contributed by atoms with Crippen LogP contribution in [0, 0.1) is 6.92 Å². The number of nitrogens with zero attached hydrogens (tertiary/aromatic N) is 4. The normalized spacial score (nSPS) is 10.9. The van der Waals surface area contributed by atoms with E-state index in [1.165, 1.54) is 0 Å². The average Bonchev–Trinajstić information content (AvgIpc) is 3.05. The Morgan fingerprint density at radius 1 is 1.00 bits per heavy atom. The van der Waals surface area contributed by atoms with E-state index in [4.69, 9.17) is 0 Å². The van der Waals surface area contributed by atoms with Crippen LogP contribution in [0.1, 0.15) is 15.9 Å². The highest BCUT2D eigenvalue weighted by Gasteiger charge is 2.18. The first-order valence-corrected chi connectivity index (χ1v) is 7.73. The van der Waals surface area contributed by atoms with Crippen LogP contribution >= 0.6 is 0 Å². The monoisotopic (exact) mass is 330 g/mol. The van der Waals surface area contributed by atoms with Gasteiger partial charge in [-0.15, -0.1) is 0 Å². The van der Waals surface area contributed by atoms with E-state index in [-0.39, 0.29) is 0 Å². The molecule has 4 rings (SSSR count). The molecule has 2 heterocycles. The van der Waals surface area contributed by atoms with Gasteiger partial charge in [-0.1, -0.05) is 36.4 Å². The first kappa shape index (κ1) is 15.0. The smallest absolute Gasteiger partial charge is 0.336 e. The maximum absolute atomic E-state index is 11.8. The number of imidazole rings is 1. The van der Waals surface area contributed by atoms with Crippen molar-refractivity contribution < 1.29 is 9.90 Å². The van der Waals surface area contributed by atoms with Crippen LogP contribution in [0.3, 0.4) is 0 Å². The number of para-hydroxylation sites is 1. The molecule has 6 heteroatoms. The fourth-order valence-electron chi connectivity index (χ4n) is 3.06. The Balaban J connectivity index is 2.01. The summed E-state index contributed by atoms with van der Waals surface area (Å²) in [5.41, 5.74) is 4.90. The number of hydrogen-bond donors (Lipinski definition) is 1. The van der Waals surface area contributed by atoms with Crippen molar-refractivity contribution in [2.75, 3.05) is 0 Å². The molecule has 2 aromatic carbocycles. The first-order chi connectivity index (χ1) is 12.2. The lowest BCUT2D eigenvalue weighted by Crippen LogP contribution is -2.04. The average molecular weight is 330 g/mol. The minimum Gasteiger partial charge on any atom is -0.478 e. The number of aromatic nitrogens is 4. The summed E-state index contributed by atoms with van der Waals surface area (Å²) in [5, 5.41) is 17.4. The van der Waals surface area contributed by atoms with Gasteiger partial charge in [0.05, 0.1) is 29.2 Å². The van der Waals surface area contributed by atoms with Gasteiger partial charge < -0.3 is 5.11 Å². The molecule has 0 saturated carbocycles. The molecule has 0 aliphatic rings. The highest BCUT2D eigenvalue weighted by molar-refractivity contribution is 5.99. The van der Waals surface area contributed by atoms with Crippen molar-refractivity contribution in [3.05, 3.63) is 72.3 Å². The van der Waals surface area contributed by atoms with Crippen molar-refractivity contribution in [1.82, 2.24) is 19.7 Å². The number of aromatic carboxylic acids is 1. The second kappa shape index (κ2) is 5.83. The largest absolute Gasteiger partial charge is 0.478 e. The van der Waals surface area contributed by atoms with Gasteiger partial charge in [0.25, 0.3) is 0 Å². The highest BCUT2D eigenvalue weighted by Crippen LogP contribution is 2.32. The lowest BCUT2D eigenvalue weighted by atomic mass is 9.95. The van der Waals surface area contributed by atoms with Crippen LogP contribution in [0.4, 0.5) is 0 Å². The molecule has 0 amide bonds. The summed E-state index contributed by atoms with van der Waals surface area (Å²) in [6, 6.07) is 13.2. The molecule has 2 aromatic heterocycles. The predicted octanol–water partition coefficient (Wildman–Crippen LogP) is 3.49. The number of carbonyl (C=O) groups is 1. The van der Waals surface area contributed by atoms with E-state index in [9.17, 15) is 9.90 Å². The van der Waals surface area contributed by atoms with Gasteiger partial charge in [-0.05, 0) is 24.1 Å². The van der Waals surface area contributed by atoms with E-state index in [0.717, 1.165) is 27.8 Å². The quantitative estimate of drug-likeness (QED) is 0.622. The maximum atomic E-state index is 11.8. The SMILES string of the molecule is Cc1cccc(-c2ccccc2-n2cnc3cnncc32)c1C(=O)O. The number of benzene rings is 2. The van der Waals surface area contributed by atoms with Crippen molar-refractivity contribution in [3.63, 3.8) is 0 Å². The van der Waals surface area contributed by atoms with Crippen LogP contribution < -0.4 is 0 Å². The van der Waals surface area contributed by atoms with Gasteiger partial charge in [0.1, 0.15) is 11.8 Å². The number of carboxylic acid groups (broad SMARTS) is 1. The molecule has 122 valence electrons. The third kappa shape index (κ3) is 2.44.